The zero-order valence-electron chi connectivity index (χ0n) is 17.0. The number of ether oxygens (including phenoxy) is 1. The summed E-state index contributed by atoms with van der Waals surface area (Å²) in [4.78, 5) is 20.8. The van der Waals surface area contributed by atoms with Gasteiger partial charge in [0.1, 0.15) is 0 Å². The Morgan fingerprint density at radius 1 is 1.07 bits per heavy atom. The summed E-state index contributed by atoms with van der Waals surface area (Å²) in [5, 5.41) is 3.42. The SMILES string of the molecule is CN=C(NCCCCOCc1ccccc1)N1CCN(C(=O)c2ccco2)CC1. The van der Waals surface area contributed by atoms with Crippen molar-refractivity contribution in [2.75, 3.05) is 46.4 Å². The standard InChI is InChI=1S/C22H30N4O3/c1-23-22(24-11-5-6-16-28-18-19-8-3-2-4-9-19)26-14-12-25(13-15-26)21(27)20-10-7-17-29-20/h2-4,7-10,17H,5-6,11-16,18H2,1H3,(H,23,24). The van der Waals surface area contributed by atoms with Gasteiger partial charge in [0.05, 0.1) is 12.9 Å². The highest BCUT2D eigenvalue weighted by Crippen LogP contribution is 2.09. The second-order valence-electron chi connectivity index (χ2n) is 6.98. The van der Waals surface area contributed by atoms with Gasteiger partial charge in [-0.3, -0.25) is 9.79 Å². The first-order chi connectivity index (χ1) is 14.3. The van der Waals surface area contributed by atoms with Crippen LogP contribution in [0.25, 0.3) is 0 Å². The lowest BCUT2D eigenvalue weighted by Crippen LogP contribution is -2.53. The quantitative estimate of drug-likeness (QED) is 0.421. The molecule has 0 radical (unpaired) electrons. The first-order valence-corrected chi connectivity index (χ1v) is 10.2. The minimum absolute atomic E-state index is 0.0481. The molecule has 0 saturated carbocycles. The number of nitrogens with zero attached hydrogens (tertiary/aromatic N) is 3. The minimum Gasteiger partial charge on any atom is -0.459 e. The van der Waals surface area contributed by atoms with Gasteiger partial charge < -0.3 is 24.3 Å². The van der Waals surface area contributed by atoms with Crippen molar-refractivity contribution < 1.29 is 13.9 Å². The van der Waals surface area contributed by atoms with Gasteiger partial charge in [-0.2, -0.15) is 0 Å². The van der Waals surface area contributed by atoms with Crippen molar-refractivity contribution in [3.8, 4) is 0 Å². The summed E-state index contributed by atoms with van der Waals surface area (Å²) in [5.74, 6) is 1.24. The average molecular weight is 399 g/mol. The summed E-state index contributed by atoms with van der Waals surface area (Å²) < 4.78 is 10.9. The molecule has 1 aliphatic heterocycles. The fraction of sp³-hybridized carbons (Fsp3) is 0.455. The van der Waals surface area contributed by atoms with Crippen molar-refractivity contribution in [3.05, 3.63) is 60.1 Å². The Morgan fingerprint density at radius 3 is 2.52 bits per heavy atom. The zero-order chi connectivity index (χ0) is 20.3. The third-order valence-corrected chi connectivity index (χ3v) is 4.92. The molecular formula is C22H30N4O3. The lowest BCUT2D eigenvalue weighted by atomic mass is 10.2. The second-order valence-corrected chi connectivity index (χ2v) is 6.98. The Morgan fingerprint density at radius 2 is 1.83 bits per heavy atom. The summed E-state index contributed by atoms with van der Waals surface area (Å²) in [6.45, 7) is 5.10. The highest BCUT2D eigenvalue weighted by Gasteiger charge is 2.24. The van der Waals surface area contributed by atoms with Crippen LogP contribution < -0.4 is 5.32 Å². The van der Waals surface area contributed by atoms with Gasteiger partial charge in [0.2, 0.25) is 0 Å². The fourth-order valence-corrected chi connectivity index (χ4v) is 3.30. The Labute approximate surface area is 172 Å². The number of aliphatic imine (C=N–C) groups is 1. The van der Waals surface area contributed by atoms with Crippen LogP contribution in [0, 0.1) is 0 Å². The molecule has 2 aromatic rings. The number of carbonyl (C=O) groups is 1. The normalized spacial score (nSPS) is 14.9. The molecule has 0 atom stereocenters. The molecule has 1 N–H and O–H groups in total. The Balaban J connectivity index is 1.29. The van der Waals surface area contributed by atoms with E-state index >= 15 is 0 Å². The van der Waals surface area contributed by atoms with E-state index in [1.165, 1.54) is 11.8 Å². The molecule has 1 aromatic carbocycles. The van der Waals surface area contributed by atoms with Crippen molar-refractivity contribution in [2.24, 2.45) is 4.99 Å². The van der Waals surface area contributed by atoms with Crippen LogP contribution in [0.5, 0.6) is 0 Å². The number of rotatable bonds is 8. The van der Waals surface area contributed by atoms with Gasteiger partial charge in [-0.15, -0.1) is 0 Å². The smallest absolute Gasteiger partial charge is 0.289 e. The van der Waals surface area contributed by atoms with E-state index in [9.17, 15) is 4.79 Å². The molecule has 1 aliphatic rings. The molecule has 156 valence electrons. The predicted octanol–water partition coefficient (Wildman–Crippen LogP) is 2.61. The number of piperazine rings is 1. The van der Waals surface area contributed by atoms with Crippen LogP contribution in [0.3, 0.4) is 0 Å². The number of hydrogen-bond donors (Lipinski definition) is 1. The third kappa shape index (κ3) is 6.35. The molecule has 3 rings (SSSR count). The van der Waals surface area contributed by atoms with E-state index in [-0.39, 0.29) is 5.91 Å². The summed E-state index contributed by atoms with van der Waals surface area (Å²) in [6.07, 6.45) is 3.55. The van der Waals surface area contributed by atoms with E-state index in [2.05, 4.69) is 27.3 Å². The predicted molar refractivity (Wildman–Crippen MR) is 113 cm³/mol. The van der Waals surface area contributed by atoms with Crippen LogP contribution in [0.15, 0.2) is 58.1 Å². The average Bonchev–Trinajstić information content (AvgIpc) is 3.31. The van der Waals surface area contributed by atoms with E-state index in [1.807, 2.05) is 23.1 Å². The van der Waals surface area contributed by atoms with Gasteiger partial charge in [0.15, 0.2) is 11.7 Å². The van der Waals surface area contributed by atoms with Gasteiger partial charge in [0.25, 0.3) is 5.91 Å². The number of nitrogens with one attached hydrogen (secondary N) is 1. The monoisotopic (exact) mass is 398 g/mol. The molecule has 1 saturated heterocycles. The van der Waals surface area contributed by atoms with Crippen LogP contribution in [0.1, 0.15) is 29.0 Å². The van der Waals surface area contributed by atoms with E-state index in [0.717, 1.165) is 45.0 Å². The van der Waals surface area contributed by atoms with Crippen molar-refractivity contribution in [3.63, 3.8) is 0 Å². The van der Waals surface area contributed by atoms with E-state index in [0.29, 0.717) is 25.5 Å². The van der Waals surface area contributed by atoms with Crippen molar-refractivity contribution in [1.82, 2.24) is 15.1 Å². The first-order valence-electron chi connectivity index (χ1n) is 10.2. The molecule has 29 heavy (non-hydrogen) atoms. The molecule has 0 aliphatic carbocycles. The van der Waals surface area contributed by atoms with Gasteiger partial charge in [-0.1, -0.05) is 30.3 Å². The lowest BCUT2D eigenvalue weighted by Gasteiger charge is -2.36. The fourth-order valence-electron chi connectivity index (χ4n) is 3.30. The third-order valence-electron chi connectivity index (χ3n) is 4.92. The van der Waals surface area contributed by atoms with Crippen molar-refractivity contribution in [1.29, 1.82) is 0 Å². The molecule has 0 unspecified atom stereocenters. The highest BCUT2D eigenvalue weighted by atomic mass is 16.5. The molecule has 1 aromatic heterocycles. The molecule has 1 fully saturated rings. The van der Waals surface area contributed by atoms with Gasteiger partial charge >= 0.3 is 0 Å². The number of amides is 1. The molecule has 7 heteroatoms. The highest BCUT2D eigenvalue weighted by molar-refractivity contribution is 5.91. The maximum Gasteiger partial charge on any atom is 0.289 e. The summed E-state index contributed by atoms with van der Waals surface area (Å²) in [7, 11) is 1.80. The summed E-state index contributed by atoms with van der Waals surface area (Å²) >= 11 is 0. The largest absolute Gasteiger partial charge is 0.459 e. The molecular weight excluding hydrogens is 368 g/mol. The lowest BCUT2D eigenvalue weighted by molar-refractivity contribution is 0.0657. The zero-order valence-corrected chi connectivity index (χ0v) is 17.0. The first kappa shape index (κ1) is 20.9. The van der Waals surface area contributed by atoms with Crippen molar-refractivity contribution in [2.45, 2.75) is 19.4 Å². The molecule has 7 nitrogen and oxygen atoms in total. The van der Waals surface area contributed by atoms with E-state index in [4.69, 9.17) is 9.15 Å². The van der Waals surface area contributed by atoms with Crippen LogP contribution in [0.2, 0.25) is 0 Å². The number of guanidine groups is 1. The van der Waals surface area contributed by atoms with Gasteiger partial charge in [-0.05, 0) is 30.5 Å². The van der Waals surface area contributed by atoms with E-state index < -0.39 is 0 Å². The van der Waals surface area contributed by atoms with Crippen LogP contribution >= 0.6 is 0 Å². The van der Waals surface area contributed by atoms with Gasteiger partial charge in [0, 0.05) is 46.4 Å². The summed E-state index contributed by atoms with van der Waals surface area (Å²) in [5.41, 5.74) is 1.20. The van der Waals surface area contributed by atoms with Crippen LogP contribution in [-0.4, -0.2) is 68.0 Å². The minimum atomic E-state index is -0.0481. The maximum absolute atomic E-state index is 12.4. The van der Waals surface area contributed by atoms with Crippen molar-refractivity contribution >= 4 is 11.9 Å². The number of hydrogen-bond acceptors (Lipinski definition) is 4. The Hall–Kier alpha value is -2.80. The number of furan rings is 1. The molecule has 0 bridgehead atoms. The maximum atomic E-state index is 12.4. The van der Waals surface area contributed by atoms with E-state index in [1.54, 1.807) is 19.2 Å². The number of unbranched alkanes of at least 4 members (excludes halogenated alkanes) is 1. The van der Waals surface area contributed by atoms with Crippen LogP contribution in [-0.2, 0) is 11.3 Å². The van der Waals surface area contributed by atoms with Crippen LogP contribution in [0.4, 0.5) is 0 Å². The Kier molecular flexibility index (Phi) is 8.12. The molecule has 0 spiro atoms. The van der Waals surface area contributed by atoms with Gasteiger partial charge in [-0.25, -0.2) is 0 Å². The topological polar surface area (TPSA) is 70.3 Å². The second kappa shape index (κ2) is 11.3. The number of carbonyl (C=O) groups excluding carboxylic acids is 1. The molecule has 1 amide bonds. The summed E-state index contributed by atoms with van der Waals surface area (Å²) in [6, 6.07) is 13.7. The molecule has 2 heterocycles. The number of benzene rings is 1. The Bertz CT molecular complexity index is 754.